The fourth-order valence-electron chi connectivity index (χ4n) is 4.15. The van der Waals surface area contributed by atoms with Gasteiger partial charge in [0.2, 0.25) is 10.0 Å². The molecule has 0 atom stereocenters. The molecule has 0 saturated heterocycles. The van der Waals surface area contributed by atoms with Gasteiger partial charge in [-0.2, -0.15) is 4.31 Å². The van der Waals surface area contributed by atoms with Crippen LogP contribution in [0.2, 0.25) is 5.02 Å². The molecule has 1 aliphatic heterocycles. The summed E-state index contributed by atoms with van der Waals surface area (Å²) < 4.78 is 25.4. The van der Waals surface area contributed by atoms with Crippen LogP contribution in [-0.2, 0) is 23.0 Å². The molecule has 33 heavy (non-hydrogen) atoms. The van der Waals surface area contributed by atoms with E-state index in [1.807, 2.05) is 72.9 Å². The summed E-state index contributed by atoms with van der Waals surface area (Å²) in [5, 5.41) is 4.10. The van der Waals surface area contributed by atoms with E-state index in [1.54, 1.807) is 0 Å². The van der Waals surface area contributed by atoms with Gasteiger partial charge in [-0.05, 0) is 47.4 Å². The second-order valence-electron chi connectivity index (χ2n) is 8.12. The second kappa shape index (κ2) is 8.67. The van der Waals surface area contributed by atoms with E-state index in [0.29, 0.717) is 30.4 Å². The Morgan fingerprint density at radius 1 is 1.06 bits per heavy atom. The van der Waals surface area contributed by atoms with Gasteiger partial charge in [0, 0.05) is 30.0 Å². The van der Waals surface area contributed by atoms with E-state index in [1.165, 1.54) is 10.6 Å². The van der Waals surface area contributed by atoms with E-state index in [0.717, 1.165) is 39.3 Å². The summed E-state index contributed by atoms with van der Waals surface area (Å²) in [5.74, 6) is 0.696. The van der Waals surface area contributed by atoms with Gasteiger partial charge in [0.1, 0.15) is 5.82 Å². The maximum atomic E-state index is 12.0. The van der Waals surface area contributed by atoms with Crippen molar-refractivity contribution in [2.24, 2.45) is 0 Å². The van der Waals surface area contributed by atoms with Gasteiger partial charge in [-0.1, -0.05) is 54.1 Å². The first-order chi connectivity index (χ1) is 15.9. The first-order valence-corrected chi connectivity index (χ1v) is 12.8. The van der Waals surface area contributed by atoms with Crippen LogP contribution >= 0.6 is 11.6 Å². The standard InChI is InChI=1S/C25H23ClN4O2S/c1-33(31,32)30-13-12-20-18(16-30)8-5-9-23(20)28-19-10-11-22(26)21(14-19)25-27-15-24(29-25)17-6-3-2-4-7-17/h2-11,14-15,28H,12-13,16H2,1H3,(H,27,29). The highest BCUT2D eigenvalue weighted by Gasteiger charge is 2.24. The van der Waals surface area contributed by atoms with Crippen molar-refractivity contribution < 1.29 is 8.42 Å². The molecule has 5 rings (SSSR count). The van der Waals surface area contributed by atoms with Gasteiger partial charge < -0.3 is 10.3 Å². The number of nitrogens with zero attached hydrogens (tertiary/aromatic N) is 2. The zero-order valence-corrected chi connectivity index (χ0v) is 19.6. The minimum Gasteiger partial charge on any atom is -0.355 e. The van der Waals surface area contributed by atoms with Crippen LogP contribution in [0.1, 0.15) is 11.1 Å². The number of aromatic amines is 1. The van der Waals surface area contributed by atoms with Crippen molar-refractivity contribution in [1.29, 1.82) is 0 Å². The van der Waals surface area contributed by atoms with Crippen molar-refractivity contribution in [2.75, 3.05) is 18.1 Å². The number of hydrogen-bond donors (Lipinski definition) is 2. The van der Waals surface area contributed by atoms with Crippen LogP contribution in [0.25, 0.3) is 22.6 Å². The van der Waals surface area contributed by atoms with Crippen molar-refractivity contribution in [3.63, 3.8) is 0 Å². The molecule has 0 amide bonds. The first-order valence-electron chi connectivity index (χ1n) is 10.6. The number of sulfonamides is 1. The monoisotopic (exact) mass is 478 g/mol. The molecule has 0 saturated carbocycles. The minimum absolute atomic E-state index is 0.393. The lowest BCUT2D eigenvalue weighted by Crippen LogP contribution is -2.35. The lowest BCUT2D eigenvalue weighted by molar-refractivity contribution is 0.395. The normalized spacial score (nSPS) is 14.1. The van der Waals surface area contributed by atoms with E-state index in [-0.39, 0.29) is 0 Å². The molecule has 2 heterocycles. The van der Waals surface area contributed by atoms with E-state index in [2.05, 4.69) is 15.3 Å². The van der Waals surface area contributed by atoms with Crippen molar-refractivity contribution in [3.8, 4) is 22.6 Å². The van der Waals surface area contributed by atoms with Gasteiger partial charge in [0.05, 0.1) is 23.2 Å². The molecular weight excluding hydrogens is 456 g/mol. The molecule has 4 aromatic rings. The maximum Gasteiger partial charge on any atom is 0.211 e. The Bertz CT molecular complexity index is 1420. The number of halogens is 1. The Morgan fingerprint density at radius 2 is 1.88 bits per heavy atom. The van der Waals surface area contributed by atoms with Crippen molar-refractivity contribution in [3.05, 3.63) is 89.1 Å². The van der Waals surface area contributed by atoms with Gasteiger partial charge in [-0.25, -0.2) is 13.4 Å². The number of nitrogens with one attached hydrogen (secondary N) is 2. The zero-order valence-electron chi connectivity index (χ0n) is 18.0. The molecular formula is C25H23ClN4O2S. The summed E-state index contributed by atoms with van der Waals surface area (Å²) in [5.41, 5.74) is 6.79. The van der Waals surface area contributed by atoms with E-state index in [9.17, 15) is 8.42 Å². The second-order valence-corrected chi connectivity index (χ2v) is 10.5. The van der Waals surface area contributed by atoms with E-state index in [4.69, 9.17) is 11.6 Å². The molecule has 2 N–H and O–H groups in total. The number of fused-ring (bicyclic) bond motifs is 1. The number of rotatable bonds is 5. The fourth-order valence-corrected chi connectivity index (χ4v) is 5.15. The third kappa shape index (κ3) is 4.53. The SMILES string of the molecule is CS(=O)(=O)N1CCc2c(cccc2Nc2ccc(Cl)c(-c3ncc(-c4ccccc4)[nH]3)c2)C1. The topological polar surface area (TPSA) is 78.1 Å². The Morgan fingerprint density at radius 3 is 2.67 bits per heavy atom. The molecule has 168 valence electrons. The molecule has 8 heteroatoms. The maximum absolute atomic E-state index is 12.0. The molecule has 0 aliphatic carbocycles. The Balaban J connectivity index is 1.43. The number of imidazole rings is 1. The molecule has 3 aromatic carbocycles. The molecule has 1 aliphatic rings. The highest BCUT2D eigenvalue weighted by molar-refractivity contribution is 7.88. The average Bonchev–Trinajstić information content (AvgIpc) is 3.30. The minimum atomic E-state index is -3.21. The van der Waals surface area contributed by atoms with Crippen LogP contribution in [-0.4, -0.2) is 35.5 Å². The Labute approximate surface area is 198 Å². The summed E-state index contributed by atoms with van der Waals surface area (Å²) in [6.07, 6.45) is 3.72. The van der Waals surface area contributed by atoms with E-state index < -0.39 is 10.0 Å². The summed E-state index contributed by atoms with van der Waals surface area (Å²) in [7, 11) is -3.21. The summed E-state index contributed by atoms with van der Waals surface area (Å²) in [6.45, 7) is 0.870. The molecule has 0 spiro atoms. The molecule has 0 bridgehead atoms. The predicted molar refractivity (Wildman–Crippen MR) is 133 cm³/mol. The third-order valence-corrected chi connectivity index (χ3v) is 7.44. The molecule has 6 nitrogen and oxygen atoms in total. The van der Waals surface area contributed by atoms with Crippen LogP contribution in [0, 0.1) is 0 Å². The van der Waals surface area contributed by atoms with Crippen molar-refractivity contribution in [1.82, 2.24) is 14.3 Å². The van der Waals surface area contributed by atoms with Crippen LogP contribution in [0.5, 0.6) is 0 Å². The smallest absolute Gasteiger partial charge is 0.211 e. The molecule has 0 unspecified atom stereocenters. The molecule has 0 fully saturated rings. The van der Waals surface area contributed by atoms with E-state index >= 15 is 0 Å². The quantitative estimate of drug-likeness (QED) is 0.399. The Hall–Kier alpha value is -3.13. The lowest BCUT2D eigenvalue weighted by atomic mass is 9.99. The number of aromatic nitrogens is 2. The zero-order chi connectivity index (χ0) is 23.0. The highest BCUT2D eigenvalue weighted by Crippen LogP contribution is 2.34. The van der Waals surface area contributed by atoms with Crippen LogP contribution < -0.4 is 5.32 Å². The van der Waals surface area contributed by atoms with Gasteiger partial charge in [0.25, 0.3) is 0 Å². The number of hydrogen-bond acceptors (Lipinski definition) is 4. The predicted octanol–water partition coefficient (Wildman–Crippen LogP) is 5.46. The lowest BCUT2D eigenvalue weighted by Gasteiger charge is -2.28. The fraction of sp³-hybridized carbons (Fsp3) is 0.160. The largest absolute Gasteiger partial charge is 0.355 e. The summed E-state index contributed by atoms with van der Waals surface area (Å²) in [4.78, 5) is 7.90. The van der Waals surface area contributed by atoms with Gasteiger partial charge in [-0.3, -0.25) is 0 Å². The summed E-state index contributed by atoms with van der Waals surface area (Å²) in [6, 6.07) is 21.7. The van der Waals surface area contributed by atoms with Gasteiger partial charge in [-0.15, -0.1) is 0 Å². The molecule has 1 aromatic heterocycles. The first kappa shape index (κ1) is 21.7. The van der Waals surface area contributed by atoms with Crippen LogP contribution in [0.3, 0.4) is 0 Å². The van der Waals surface area contributed by atoms with Crippen LogP contribution in [0.15, 0.2) is 72.9 Å². The average molecular weight is 479 g/mol. The van der Waals surface area contributed by atoms with Crippen molar-refractivity contribution >= 4 is 33.0 Å². The van der Waals surface area contributed by atoms with Gasteiger partial charge >= 0.3 is 0 Å². The number of H-pyrrole nitrogens is 1. The number of benzene rings is 3. The molecule has 0 radical (unpaired) electrons. The number of anilines is 2. The van der Waals surface area contributed by atoms with Gasteiger partial charge in [0.15, 0.2) is 0 Å². The summed E-state index contributed by atoms with van der Waals surface area (Å²) >= 11 is 6.51. The van der Waals surface area contributed by atoms with Crippen molar-refractivity contribution in [2.45, 2.75) is 13.0 Å². The third-order valence-electron chi connectivity index (χ3n) is 5.86. The van der Waals surface area contributed by atoms with Crippen LogP contribution in [0.4, 0.5) is 11.4 Å². The Kier molecular flexibility index (Phi) is 5.70. The highest BCUT2D eigenvalue weighted by atomic mass is 35.5.